The lowest BCUT2D eigenvalue weighted by molar-refractivity contribution is 0.102. The number of carbonyl (C=O) groups excluding carboxylic acids is 1. The van der Waals surface area contributed by atoms with Crippen LogP contribution in [0.25, 0.3) is 22.5 Å². The molecule has 0 spiro atoms. The molecule has 5 heterocycles. The van der Waals surface area contributed by atoms with E-state index >= 15 is 0 Å². The van der Waals surface area contributed by atoms with Crippen LogP contribution in [0.1, 0.15) is 39.2 Å². The molecule has 0 unspecified atom stereocenters. The summed E-state index contributed by atoms with van der Waals surface area (Å²) in [5.41, 5.74) is 2.82. The van der Waals surface area contributed by atoms with Gasteiger partial charge in [-0.2, -0.15) is 4.98 Å². The van der Waals surface area contributed by atoms with Crippen molar-refractivity contribution >= 4 is 33.3 Å². The predicted molar refractivity (Wildman–Crippen MR) is 120 cm³/mol. The number of aryl methyl sites for hydroxylation is 3. The maximum absolute atomic E-state index is 13.3. The third kappa shape index (κ3) is 3.41. The van der Waals surface area contributed by atoms with Crippen LogP contribution in [0.4, 0.5) is 5.00 Å². The minimum Gasteiger partial charge on any atom is -0.376 e. The minimum absolute atomic E-state index is 0.0558. The fraction of sp³-hybridized carbons (Fsp3) is 0.318. The zero-order chi connectivity index (χ0) is 22.4. The summed E-state index contributed by atoms with van der Waals surface area (Å²) in [6.45, 7) is 7.16. The number of carbonyl (C=O) groups is 1. The first-order chi connectivity index (χ1) is 15.5. The summed E-state index contributed by atoms with van der Waals surface area (Å²) in [6.07, 6.45) is 2.25. The first kappa shape index (κ1) is 20.5. The molecule has 0 aliphatic carbocycles. The summed E-state index contributed by atoms with van der Waals surface area (Å²) < 4.78 is 12.8. The van der Waals surface area contributed by atoms with Crippen LogP contribution in [-0.2, 0) is 24.3 Å². The van der Waals surface area contributed by atoms with Gasteiger partial charge in [0, 0.05) is 23.3 Å². The predicted octanol–water partition coefficient (Wildman–Crippen LogP) is 3.47. The molecule has 4 aromatic rings. The van der Waals surface area contributed by atoms with E-state index in [9.17, 15) is 9.59 Å². The van der Waals surface area contributed by atoms with E-state index in [1.54, 1.807) is 25.3 Å². The molecule has 0 saturated carbocycles. The Morgan fingerprint density at radius 2 is 2.12 bits per heavy atom. The van der Waals surface area contributed by atoms with Crippen molar-refractivity contribution < 1.29 is 14.1 Å². The molecule has 0 radical (unpaired) electrons. The van der Waals surface area contributed by atoms with Crippen molar-refractivity contribution in [3.05, 3.63) is 56.1 Å². The largest absolute Gasteiger partial charge is 0.376 e. The minimum atomic E-state index is -0.489. The van der Waals surface area contributed by atoms with Gasteiger partial charge in [0.05, 0.1) is 24.2 Å². The molecule has 1 amide bonds. The van der Waals surface area contributed by atoms with Gasteiger partial charge in [0.1, 0.15) is 16.2 Å². The number of fused-ring (bicyclic) bond motifs is 2. The fourth-order valence-electron chi connectivity index (χ4n) is 3.88. The summed E-state index contributed by atoms with van der Waals surface area (Å²) >= 11 is 1.40. The Morgan fingerprint density at radius 1 is 1.28 bits per heavy atom. The van der Waals surface area contributed by atoms with Crippen LogP contribution >= 0.6 is 11.3 Å². The van der Waals surface area contributed by atoms with E-state index < -0.39 is 5.91 Å². The number of pyridine rings is 2. The van der Waals surface area contributed by atoms with Gasteiger partial charge in [-0.1, -0.05) is 5.16 Å². The number of hydrogen-bond acceptors (Lipinski definition) is 8. The highest BCUT2D eigenvalue weighted by atomic mass is 32.1. The second-order valence-corrected chi connectivity index (χ2v) is 8.70. The van der Waals surface area contributed by atoms with E-state index in [2.05, 4.69) is 20.4 Å². The number of ether oxygens (including phenoxy) is 1. The number of hydrogen-bond donors (Lipinski definition) is 1. The molecule has 0 bridgehead atoms. The molecule has 1 aliphatic rings. The first-order valence-electron chi connectivity index (χ1n) is 10.3. The fourth-order valence-corrected chi connectivity index (χ4v) is 5.05. The van der Waals surface area contributed by atoms with E-state index in [-0.39, 0.29) is 11.0 Å². The molecule has 32 heavy (non-hydrogen) atoms. The van der Waals surface area contributed by atoms with Gasteiger partial charge in [0.25, 0.3) is 11.8 Å². The molecule has 0 saturated heterocycles. The van der Waals surface area contributed by atoms with Crippen LogP contribution in [0.3, 0.4) is 0 Å². The van der Waals surface area contributed by atoms with Gasteiger partial charge in [0.2, 0.25) is 5.43 Å². The number of thiophene rings is 1. The number of rotatable bonds is 4. The van der Waals surface area contributed by atoms with Crippen molar-refractivity contribution in [2.24, 2.45) is 0 Å². The molecule has 5 rings (SSSR count). The monoisotopic (exact) mass is 451 g/mol. The highest BCUT2D eigenvalue weighted by Crippen LogP contribution is 2.42. The SMILES string of the molecule is CCn1cc(C(=O)Nc2sc3c(c2-c2nc(C)no2)CCOC3)c(=O)c2ccc(C)nc21. The Labute approximate surface area is 187 Å². The lowest BCUT2D eigenvalue weighted by Gasteiger charge is -2.12. The molecule has 1 N–H and O–H groups in total. The van der Waals surface area contributed by atoms with Crippen LogP contribution in [0.15, 0.2) is 27.6 Å². The zero-order valence-electron chi connectivity index (χ0n) is 17.9. The molecule has 1 aliphatic heterocycles. The third-order valence-corrected chi connectivity index (χ3v) is 6.56. The molecule has 0 atom stereocenters. The van der Waals surface area contributed by atoms with Crippen LogP contribution in [0, 0.1) is 13.8 Å². The normalized spacial score (nSPS) is 13.3. The average molecular weight is 452 g/mol. The Hall–Kier alpha value is -3.37. The topological polar surface area (TPSA) is 112 Å². The molecule has 4 aromatic heterocycles. The van der Waals surface area contributed by atoms with Crippen LogP contribution in [-0.4, -0.2) is 32.2 Å². The molecule has 164 valence electrons. The van der Waals surface area contributed by atoms with Crippen LogP contribution in [0.5, 0.6) is 0 Å². The quantitative estimate of drug-likeness (QED) is 0.505. The summed E-state index contributed by atoms with van der Waals surface area (Å²) in [6, 6.07) is 3.49. The van der Waals surface area contributed by atoms with Gasteiger partial charge in [0.15, 0.2) is 5.82 Å². The molecule has 0 fully saturated rings. The Morgan fingerprint density at radius 3 is 2.88 bits per heavy atom. The standard InChI is InChI=1S/C22H21N5O4S/c1-4-27-9-15(18(28)14-6-5-11(2)23-19(14)27)20(29)25-22-17(21-24-12(3)26-31-21)13-7-8-30-10-16(13)32-22/h5-6,9H,4,7-8,10H2,1-3H3,(H,25,29). The number of nitrogens with zero attached hydrogens (tertiary/aromatic N) is 4. The highest BCUT2D eigenvalue weighted by Gasteiger charge is 2.27. The smallest absolute Gasteiger partial charge is 0.261 e. The van der Waals surface area contributed by atoms with Crippen molar-refractivity contribution in [3.8, 4) is 11.5 Å². The van der Waals surface area contributed by atoms with Crippen LogP contribution < -0.4 is 10.7 Å². The average Bonchev–Trinajstić information content (AvgIpc) is 3.36. The van der Waals surface area contributed by atoms with E-state index in [0.29, 0.717) is 59.5 Å². The zero-order valence-corrected chi connectivity index (χ0v) is 18.7. The first-order valence-corrected chi connectivity index (χ1v) is 11.1. The van der Waals surface area contributed by atoms with Crippen molar-refractivity contribution in [1.29, 1.82) is 0 Å². The summed E-state index contributed by atoms with van der Waals surface area (Å²) in [5.74, 6) is 0.366. The van der Waals surface area contributed by atoms with Crippen molar-refractivity contribution in [2.45, 2.75) is 40.3 Å². The Balaban J connectivity index is 1.60. The number of anilines is 1. The molecular formula is C22H21N5O4S. The molecule has 10 heteroatoms. The van der Waals surface area contributed by atoms with Gasteiger partial charge in [-0.15, -0.1) is 11.3 Å². The van der Waals surface area contributed by atoms with Gasteiger partial charge >= 0.3 is 0 Å². The Bertz CT molecular complexity index is 1420. The lowest BCUT2D eigenvalue weighted by atomic mass is 10.1. The van der Waals surface area contributed by atoms with Crippen molar-refractivity contribution in [3.63, 3.8) is 0 Å². The van der Waals surface area contributed by atoms with Crippen molar-refractivity contribution in [2.75, 3.05) is 11.9 Å². The summed E-state index contributed by atoms with van der Waals surface area (Å²) in [4.78, 5) is 36.2. The number of nitrogens with one attached hydrogen (secondary N) is 1. The maximum Gasteiger partial charge on any atom is 0.261 e. The third-order valence-electron chi connectivity index (χ3n) is 5.43. The van der Waals surface area contributed by atoms with E-state index in [4.69, 9.17) is 9.26 Å². The molecule has 9 nitrogen and oxygen atoms in total. The van der Waals surface area contributed by atoms with Gasteiger partial charge in [-0.05, 0) is 44.9 Å². The number of amides is 1. The van der Waals surface area contributed by atoms with Gasteiger partial charge < -0.3 is 19.1 Å². The maximum atomic E-state index is 13.3. The van der Waals surface area contributed by atoms with Crippen molar-refractivity contribution in [1.82, 2.24) is 19.7 Å². The highest BCUT2D eigenvalue weighted by molar-refractivity contribution is 7.17. The summed E-state index contributed by atoms with van der Waals surface area (Å²) in [7, 11) is 0. The van der Waals surface area contributed by atoms with E-state index in [1.807, 2.05) is 18.4 Å². The van der Waals surface area contributed by atoms with E-state index in [0.717, 1.165) is 16.1 Å². The second-order valence-electron chi connectivity index (χ2n) is 7.59. The van der Waals surface area contributed by atoms with Crippen LogP contribution in [0.2, 0.25) is 0 Å². The molecule has 0 aromatic carbocycles. The van der Waals surface area contributed by atoms with Gasteiger partial charge in [-0.25, -0.2) is 4.98 Å². The molecular weight excluding hydrogens is 430 g/mol. The number of aromatic nitrogens is 4. The van der Waals surface area contributed by atoms with E-state index in [1.165, 1.54) is 11.3 Å². The lowest BCUT2D eigenvalue weighted by Crippen LogP contribution is -2.24. The summed E-state index contributed by atoms with van der Waals surface area (Å²) in [5, 5.41) is 7.80. The second kappa shape index (κ2) is 7.95. The van der Waals surface area contributed by atoms with Gasteiger partial charge in [-0.3, -0.25) is 9.59 Å². The Kier molecular flexibility index (Phi) is 5.10.